The van der Waals surface area contributed by atoms with Gasteiger partial charge >= 0.3 is 5.97 Å². The van der Waals surface area contributed by atoms with Gasteiger partial charge in [-0.15, -0.1) is 0 Å². The van der Waals surface area contributed by atoms with Gasteiger partial charge in [0.15, 0.2) is 0 Å². The van der Waals surface area contributed by atoms with Crippen LogP contribution in [0.25, 0.3) is 0 Å². The third kappa shape index (κ3) is 2.77. The van der Waals surface area contributed by atoms with Crippen molar-refractivity contribution >= 4 is 27.8 Å². The van der Waals surface area contributed by atoms with E-state index in [1.807, 2.05) is 32.0 Å². The van der Waals surface area contributed by atoms with E-state index in [-0.39, 0.29) is 0 Å². The van der Waals surface area contributed by atoms with Gasteiger partial charge in [0.1, 0.15) is 18.1 Å². The molecular formula is C16H17BrN4O3. The number of halogens is 1. The number of hydrogen-bond acceptors (Lipinski definition) is 6. The zero-order chi connectivity index (χ0) is 17.3. The number of esters is 1. The van der Waals surface area contributed by atoms with Crippen molar-refractivity contribution in [2.24, 2.45) is 0 Å². The van der Waals surface area contributed by atoms with Gasteiger partial charge in [0.2, 0.25) is 5.95 Å². The van der Waals surface area contributed by atoms with Crippen LogP contribution in [0.15, 0.2) is 40.3 Å². The van der Waals surface area contributed by atoms with Gasteiger partial charge in [-0.3, -0.25) is 0 Å². The number of nitrogens with one attached hydrogen (secondary N) is 1. The number of benzene rings is 1. The summed E-state index contributed by atoms with van der Waals surface area (Å²) in [6.07, 6.45) is 1.45. The Morgan fingerprint density at radius 1 is 1.46 bits per heavy atom. The molecule has 2 heterocycles. The predicted octanol–water partition coefficient (Wildman–Crippen LogP) is 2.90. The number of carbonyl (C=O) groups excluding carboxylic acids is 1. The van der Waals surface area contributed by atoms with E-state index < -0.39 is 12.0 Å². The molecule has 0 fully saturated rings. The Morgan fingerprint density at radius 3 is 2.96 bits per heavy atom. The molecule has 0 spiro atoms. The fourth-order valence-corrected chi connectivity index (χ4v) is 3.15. The molecular weight excluding hydrogens is 376 g/mol. The largest absolute Gasteiger partial charge is 0.494 e. The van der Waals surface area contributed by atoms with Crippen LogP contribution in [0, 0.1) is 0 Å². The molecule has 1 aliphatic rings. The molecule has 0 bridgehead atoms. The second-order valence-corrected chi connectivity index (χ2v) is 6.12. The van der Waals surface area contributed by atoms with E-state index in [0.29, 0.717) is 29.6 Å². The Labute approximate surface area is 147 Å². The summed E-state index contributed by atoms with van der Waals surface area (Å²) in [5.41, 5.74) is 1.95. The van der Waals surface area contributed by atoms with Gasteiger partial charge in [-0.1, -0.05) is 15.9 Å². The molecule has 0 aliphatic carbocycles. The Kier molecular flexibility index (Phi) is 4.57. The summed E-state index contributed by atoms with van der Waals surface area (Å²) in [4.78, 5) is 16.6. The van der Waals surface area contributed by atoms with E-state index in [9.17, 15) is 4.79 Å². The monoisotopic (exact) mass is 392 g/mol. The van der Waals surface area contributed by atoms with Crippen molar-refractivity contribution in [2.75, 3.05) is 19.0 Å². The third-order valence-electron chi connectivity index (χ3n) is 3.77. The first-order chi connectivity index (χ1) is 11.6. The average molecular weight is 393 g/mol. The van der Waals surface area contributed by atoms with Gasteiger partial charge < -0.3 is 14.8 Å². The SMILES string of the molecule is CCOc1ccc(Br)cc1[C@@H]1C(C(=O)OC)=C(C)Nc2ncnn21. The molecule has 3 rings (SSSR count). The second-order valence-electron chi connectivity index (χ2n) is 5.20. The van der Waals surface area contributed by atoms with Crippen molar-refractivity contribution in [3.8, 4) is 5.75 Å². The van der Waals surface area contributed by atoms with Crippen molar-refractivity contribution < 1.29 is 14.3 Å². The summed E-state index contributed by atoms with van der Waals surface area (Å²) >= 11 is 3.49. The smallest absolute Gasteiger partial charge is 0.338 e. The summed E-state index contributed by atoms with van der Waals surface area (Å²) in [6, 6.07) is 5.19. The number of methoxy groups -OCH3 is 1. The number of allylic oxidation sites excluding steroid dienone is 1. The number of carbonyl (C=O) groups is 1. The van der Waals surface area contributed by atoms with Crippen LogP contribution in [0.3, 0.4) is 0 Å². The molecule has 0 saturated heterocycles. The maximum Gasteiger partial charge on any atom is 0.338 e. The highest BCUT2D eigenvalue weighted by Gasteiger charge is 2.35. The van der Waals surface area contributed by atoms with Crippen LogP contribution in [0.2, 0.25) is 0 Å². The highest BCUT2D eigenvalue weighted by Crippen LogP contribution is 2.40. The van der Waals surface area contributed by atoms with Crippen molar-refractivity contribution in [1.29, 1.82) is 0 Å². The van der Waals surface area contributed by atoms with E-state index in [0.717, 1.165) is 10.0 Å². The van der Waals surface area contributed by atoms with E-state index in [2.05, 4.69) is 31.3 Å². The summed E-state index contributed by atoms with van der Waals surface area (Å²) < 4.78 is 13.3. The average Bonchev–Trinajstić information content (AvgIpc) is 3.02. The number of hydrogen-bond donors (Lipinski definition) is 1. The molecule has 1 aromatic heterocycles. The molecule has 0 unspecified atom stereocenters. The number of rotatable bonds is 4. The number of fused-ring (bicyclic) bond motifs is 1. The quantitative estimate of drug-likeness (QED) is 0.805. The first-order valence-corrected chi connectivity index (χ1v) is 8.24. The van der Waals surface area contributed by atoms with E-state index in [4.69, 9.17) is 9.47 Å². The van der Waals surface area contributed by atoms with Gasteiger partial charge in [-0.25, -0.2) is 9.48 Å². The summed E-state index contributed by atoms with van der Waals surface area (Å²) in [6.45, 7) is 4.24. The number of nitrogens with zero attached hydrogens (tertiary/aromatic N) is 3. The number of aromatic nitrogens is 3. The zero-order valence-electron chi connectivity index (χ0n) is 13.5. The first kappa shape index (κ1) is 16.5. The Morgan fingerprint density at radius 2 is 2.25 bits per heavy atom. The van der Waals surface area contributed by atoms with Crippen LogP contribution in [-0.2, 0) is 9.53 Å². The maximum absolute atomic E-state index is 12.4. The molecule has 1 aromatic carbocycles. The van der Waals surface area contributed by atoms with Crippen LogP contribution in [0.5, 0.6) is 5.75 Å². The van der Waals surface area contributed by atoms with E-state index in [1.165, 1.54) is 13.4 Å². The molecule has 126 valence electrons. The van der Waals surface area contributed by atoms with Crippen LogP contribution < -0.4 is 10.1 Å². The topological polar surface area (TPSA) is 78.3 Å². The lowest BCUT2D eigenvalue weighted by molar-refractivity contribution is -0.136. The second kappa shape index (κ2) is 6.64. The third-order valence-corrected chi connectivity index (χ3v) is 4.26. The zero-order valence-corrected chi connectivity index (χ0v) is 15.1. The van der Waals surface area contributed by atoms with Gasteiger partial charge in [0, 0.05) is 15.7 Å². The highest BCUT2D eigenvalue weighted by molar-refractivity contribution is 9.10. The lowest BCUT2D eigenvalue weighted by Gasteiger charge is -2.29. The van der Waals surface area contributed by atoms with Gasteiger partial charge in [0.05, 0.1) is 19.3 Å². The number of ether oxygens (including phenoxy) is 2. The standard InChI is InChI=1S/C16H17BrN4O3/c1-4-24-12-6-5-10(17)7-11(12)14-13(15(22)23-3)9(2)20-16-18-8-19-21(14)16/h5-8,14H,4H2,1-3H3,(H,18,19,20)/t14-/m1/s1. The normalized spacial score (nSPS) is 16.4. The first-order valence-electron chi connectivity index (χ1n) is 7.44. The minimum atomic E-state index is -0.491. The Hall–Kier alpha value is -2.35. The summed E-state index contributed by atoms with van der Waals surface area (Å²) in [5.74, 6) is 0.824. The molecule has 8 heteroatoms. The maximum atomic E-state index is 12.4. The van der Waals surface area contributed by atoms with Crippen LogP contribution in [0.1, 0.15) is 25.5 Å². The van der Waals surface area contributed by atoms with Gasteiger partial charge in [-0.2, -0.15) is 10.1 Å². The molecule has 1 aliphatic heterocycles. The van der Waals surface area contributed by atoms with Crippen molar-refractivity contribution in [3.63, 3.8) is 0 Å². The molecule has 0 amide bonds. The molecule has 7 nitrogen and oxygen atoms in total. The highest BCUT2D eigenvalue weighted by atomic mass is 79.9. The Balaban J connectivity index is 2.23. The lowest BCUT2D eigenvalue weighted by atomic mass is 9.95. The van der Waals surface area contributed by atoms with Crippen molar-refractivity contribution in [2.45, 2.75) is 19.9 Å². The molecule has 1 atom stereocenters. The fraction of sp³-hybridized carbons (Fsp3) is 0.312. The van der Waals surface area contributed by atoms with Crippen molar-refractivity contribution in [1.82, 2.24) is 14.8 Å². The van der Waals surface area contributed by atoms with E-state index >= 15 is 0 Å². The summed E-state index contributed by atoms with van der Waals surface area (Å²) in [7, 11) is 1.36. The molecule has 0 saturated carbocycles. The van der Waals surface area contributed by atoms with Crippen LogP contribution in [-0.4, -0.2) is 34.5 Å². The lowest BCUT2D eigenvalue weighted by Crippen LogP contribution is -2.29. The fourth-order valence-electron chi connectivity index (χ4n) is 2.77. The molecule has 0 radical (unpaired) electrons. The Bertz CT molecular complexity index is 815. The molecule has 2 aromatic rings. The molecule has 24 heavy (non-hydrogen) atoms. The van der Waals surface area contributed by atoms with Crippen LogP contribution >= 0.6 is 15.9 Å². The molecule has 1 N–H and O–H groups in total. The van der Waals surface area contributed by atoms with Crippen molar-refractivity contribution in [3.05, 3.63) is 45.8 Å². The van der Waals surface area contributed by atoms with E-state index in [1.54, 1.807) is 4.68 Å². The van der Waals surface area contributed by atoms with Gasteiger partial charge in [0.25, 0.3) is 0 Å². The number of anilines is 1. The summed E-state index contributed by atoms with van der Waals surface area (Å²) in [5, 5.41) is 7.36. The predicted molar refractivity (Wildman–Crippen MR) is 91.8 cm³/mol. The minimum absolute atomic E-state index is 0.423. The van der Waals surface area contributed by atoms with Gasteiger partial charge in [-0.05, 0) is 32.0 Å². The van der Waals surface area contributed by atoms with Crippen LogP contribution in [0.4, 0.5) is 5.95 Å². The minimum Gasteiger partial charge on any atom is -0.494 e.